The maximum atomic E-state index is 11.9. The van der Waals surface area contributed by atoms with Crippen molar-refractivity contribution in [1.82, 2.24) is 9.71 Å². The molecule has 5 nitrogen and oxygen atoms in total. The summed E-state index contributed by atoms with van der Waals surface area (Å²) in [5.41, 5.74) is -4.36. The minimum atomic E-state index is -4.36. The molecule has 0 amide bonds. The van der Waals surface area contributed by atoms with Crippen LogP contribution in [0.15, 0.2) is 23.2 Å². The van der Waals surface area contributed by atoms with Gasteiger partial charge in [0.1, 0.15) is 10.7 Å². The third-order valence-electron chi connectivity index (χ3n) is 2.06. The molecule has 0 saturated carbocycles. The van der Waals surface area contributed by atoms with Gasteiger partial charge >= 0.3 is 5.51 Å². The van der Waals surface area contributed by atoms with E-state index in [4.69, 9.17) is 0 Å². The number of aromatic nitrogens is 1. The first-order valence-corrected chi connectivity index (χ1v) is 8.12. The third kappa shape index (κ3) is 5.97. The van der Waals surface area contributed by atoms with Crippen LogP contribution in [0.3, 0.4) is 0 Å². The topological polar surface area (TPSA) is 71.1 Å². The molecule has 10 heteroatoms. The smallest absolute Gasteiger partial charge is 0.370 e. The Morgan fingerprint density at radius 3 is 2.55 bits per heavy atom. The Labute approximate surface area is 119 Å². The number of alkyl halides is 3. The van der Waals surface area contributed by atoms with E-state index in [1.54, 1.807) is 0 Å². The molecule has 0 aliphatic heterocycles. The lowest BCUT2D eigenvalue weighted by Gasteiger charge is -2.08. The second-order valence-electron chi connectivity index (χ2n) is 3.60. The standard InChI is InChI=1S/C10H14F3N3O2S2/c1-2-14-9-4-3-8(7-15-9)20(17,18)16-5-6-19-10(11,12)13/h3-4,7,16H,2,5-6H2,1H3,(H,14,15). The number of nitrogens with zero attached hydrogens (tertiary/aromatic N) is 1. The number of nitrogens with one attached hydrogen (secondary N) is 2. The van der Waals surface area contributed by atoms with E-state index in [-0.39, 0.29) is 29.0 Å². The molecule has 2 N–H and O–H groups in total. The summed E-state index contributed by atoms with van der Waals surface area (Å²) in [6, 6.07) is 2.83. The first-order valence-electron chi connectivity index (χ1n) is 5.65. The summed E-state index contributed by atoms with van der Waals surface area (Å²) in [5, 5.41) is 2.90. The van der Waals surface area contributed by atoms with Crippen molar-refractivity contribution >= 4 is 27.6 Å². The zero-order valence-corrected chi connectivity index (χ0v) is 12.2. The summed E-state index contributed by atoms with van der Waals surface area (Å²) in [4.78, 5) is 3.80. The highest BCUT2D eigenvalue weighted by Crippen LogP contribution is 2.29. The number of rotatable bonds is 7. The van der Waals surface area contributed by atoms with E-state index in [1.165, 1.54) is 12.1 Å². The SMILES string of the molecule is CCNc1ccc(S(=O)(=O)NCCSC(F)(F)F)cn1. The number of thioether (sulfide) groups is 1. The molecule has 1 aromatic rings. The maximum Gasteiger partial charge on any atom is 0.441 e. The number of halogens is 3. The van der Waals surface area contributed by atoms with Gasteiger partial charge in [-0.25, -0.2) is 18.1 Å². The molecule has 0 bridgehead atoms. The van der Waals surface area contributed by atoms with Gasteiger partial charge in [0, 0.05) is 25.0 Å². The lowest BCUT2D eigenvalue weighted by Crippen LogP contribution is -2.26. The third-order valence-corrected chi connectivity index (χ3v) is 4.25. The Kier molecular flexibility index (Phi) is 6.08. The van der Waals surface area contributed by atoms with Crippen LogP contribution in [0.2, 0.25) is 0 Å². The zero-order chi connectivity index (χ0) is 15.2. The summed E-state index contributed by atoms with van der Waals surface area (Å²) in [7, 11) is -3.83. The summed E-state index contributed by atoms with van der Waals surface area (Å²) >= 11 is -0.274. The average Bonchev–Trinajstić information content (AvgIpc) is 2.35. The van der Waals surface area contributed by atoms with Crippen molar-refractivity contribution in [2.75, 3.05) is 24.2 Å². The Morgan fingerprint density at radius 2 is 2.05 bits per heavy atom. The van der Waals surface area contributed by atoms with E-state index in [0.29, 0.717) is 12.4 Å². The van der Waals surface area contributed by atoms with Gasteiger partial charge in [0.15, 0.2) is 0 Å². The number of sulfonamides is 1. The fraction of sp³-hybridized carbons (Fsp3) is 0.500. The van der Waals surface area contributed by atoms with Crippen molar-refractivity contribution in [3.05, 3.63) is 18.3 Å². The minimum Gasteiger partial charge on any atom is -0.370 e. The molecule has 0 saturated heterocycles. The summed E-state index contributed by atoms with van der Waals surface area (Å²) < 4.78 is 61.3. The molecular weight excluding hydrogens is 315 g/mol. The lowest BCUT2D eigenvalue weighted by molar-refractivity contribution is -0.0327. The fourth-order valence-electron chi connectivity index (χ4n) is 1.25. The van der Waals surface area contributed by atoms with E-state index in [0.717, 1.165) is 6.20 Å². The second kappa shape index (κ2) is 7.14. The molecule has 1 aromatic heterocycles. The zero-order valence-electron chi connectivity index (χ0n) is 10.6. The monoisotopic (exact) mass is 329 g/mol. The molecule has 0 aliphatic carbocycles. The van der Waals surface area contributed by atoms with Gasteiger partial charge in [-0.1, -0.05) is 0 Å². The highest BCUT2D eigenvalue weighted by molar-refractivity contribution is 8.00. The van der Waals surface area contributed by atoms with Crippen molar-refractivity contribution in [1.29, 1.82) is 0 Å². The van der Waals surface area contributed by atoms with Crippen molar-refractivity contribution in [3.8, 4) is 0 Å². The van der Waals surface area contributed by atoms with Crippen LogP contribution in [0.4, 0.5) is 19.0 Å². The maximum absolute atomic E-state index is 11.9. The van der Waals surface area contributed by atoms with Crippen molar-refractivity contribution in [2.24, 2.45) is 0 Å². The first-order chi connectivity index (χ1) is 9.24. The summed E-state index contributed by atoms with van der Waals surface area (Å²) in [6.07, 6.45) is 1.15. The van der Waals surface area contributed by atoms with Gasteiger partial charge in [0.2, 0.25) is 10.0 Å². The number of pyridine rings is 1. The molecule has 0 aliphatic rings. The first kappa shape index (κ1) is 17.1. The molecule has 0 atom stereocenters. The fourth-order valence-corrected chi connectivity index (χ4v) is 2.79. The summed E-state index contributed by atoms with van der Waals surface area (Å²) in [6.45, 7) is 2.21. The van der Waals surface area contributed by atoms with Crippen LogP contribution in [-0.2, 0) is 10.0 Å². The van der Waals surface area contributed by atoms with Crippen LogP contribution in [0.5, 0.6) is 0 Å². The van der Waals surface area contributed by atoms with Crippen molar-refractivity contribution in [2.45, 2.75) is 17.3 Å². The molecule has 114 valence electrons. The molecule has 0 aromatic carbocycles. The van der Waals surface area contributed by atoms with Crippen molar-refractivity contribution < 1.29 is 21.6 Å². The van der Waals surface area contributed by atoms with E-state index >= 15 is 0 Å². The minimum absolute atomic E-state index is 0.0869. The summed E-state index contributed by atoms with van der Waals surface area (Å²) in [5.74, 6) is 0.144. The van der Waals surface area contributed by atoms with Crippen LogP contribution in [0.25, 0.3) is 0 Å². The largest absolute Gasteiger partial charge is 0.441 e. The lowest BCUT2D eigenvalue weighted by atomic mass is 10.4. The Hall–Kier alpha value is -1.00. The van der Waals surface area contributed by atoms with E-state index in [2.05, 4.69) is 15.0 Å². The van der Waals surface area contributed by atoms with Crippen LogP contribution in [0, 0.1) is 0 Å². The molecule has 0 radical (unpaired) electrons. The van der Waals surface area contributed by atoms with Gasteiger partial charge in [-0.15, -0.1) is 0 Å². The van der Waals surface area contributed by atoms with Crippen molar-refractivity contribution in [3.63, 3.8) is 0 Å². The quantitative estimate of drug-likeness (QED) is 0.749. The van der Waals surface area contributed by atoms with Crippen LogP contribution in [-0.4, -0.2) is 37.8 Å². The number of anilines is 1. The number of hydrogen-bond acceptors (Lipinski definition) is 5. The van der Waals surface area contributed by atoms with Crippen LogP contribution in [0.1, 0.15) is 6.92 Å². The molecule has 1 heterocycles. The molecule has 0 unspecified atom stereocenters. The molecule has 1 rings (SSSR count). The molecule has 0 fully saturated rings. The van der Waals surface area contributed by atoms with Gasteiger partial charge < -0.3 is 5.32 Å². The Balaban J connectivity index is 2.56. The van der Waals surface area contributed by atoms with E-state index in [1.807, 2.05) is 6.92 Å². The molecular formula is C10H14F3N3O2S2. The Bertz CT molecular complexity index is 518. The van der Waals surface area contributed by atoms with Gasteiger partial charge in [0.25, 0.3) is 0 Å². The second-order valence-corrected chi connectivity index (χ2v) is 6.53. The Morgan fingerprint density at radius 1 is 1.35 bits per heavy atom. The average molecular weight is 329 g/mol. The molecule has 20 heavy (non-hydrogen) atoms. The van der Waals surface area contributed by atoms with Gasteiger partial charge in [-0.2, -0.15) is 13.2 Å². The van der Waals surface area contributed by atoms with E-state index < -0.39 is 15.5 Å². The molecule has 0 spiro atoms. The predicted molar refractivity (Wildman–Crippen MR) is 72.1 cm³/mol. The van der Waals surface area contributed by atoms with E-state index in [9.17, 15) is 21.6 Å². The van der Waals surface area contributed by atoms with Gasteiger partial charge in [0.05, 0.1) is 0 Å². The highest BCUT2D eigenvalue weighted by Gasteiger charge is 2.27. The van der Waals surface area contributed by atoms with Gasteiger partial charge in [-0.3, -0.25) is 0 Å². The van der Waals surface area contributed by atoms with Crippen LogP contribution < -0.4 is 10.0 Å². The van der Waals surface area contributed by atoms with Gasteiger partial charge in [-0.05, 0) is 30.8 Å². The van der Waals surface area contributed by atoms with Crippen LogP contribution >= 0.6 is 11.8 Å². The predicted octanol–water partition coefficient (Wildman–Crippen LogP) is 2.04. The number of hydrogen-bond donors (Lipinski definition) is 2. The highest BCUT2D eigenvalue weighted by atomic mass is 32.2. The normalized spacial score (nSPS) is 12.4.